The second-order valence-electron chi connectivity index (χ2n) is 15.2. The summed E-state index contributed by atoms with van der Waals surface area (Å²) < 4.78 is 11.7. The summed E-state index contributed by atoms with van der Waals surface area (Å²) in [5, 5.41) is 12.5. The lowest BCUT2D eigenvalue weighted by Gasteiger charge is -2.36. The van der Waals surface area contributed by atoms with E-state index < -0.39 is 11.9 Å². The number of ether oxygens (including phenoxy) is 2. The Hall–Kier alpha value is -5.79. The third-order valence-corrected chi connectivity index (χ3v) is 11.6. The lowest BCUT2D eigenvalue weighted by Crippen LogP contribution is -2.52. The molecule has 0 spiro atoms. The second-order valence-corrected chi connectivity index (χ2v) is 15.2. The van der Waals surface area contributed by atoms with E-state index in [0.29, 0.717) is 37.6 Å². The molecular formula is C45H46N4O6. The quantitative estimate of drug-likeness (QED) is 0.176. The summed E-state index contributed by atoms with van der Waals surface area (Å²) in [6.45, 7) is 4.47. The van der Waals surface area contributed by atoms with Crippen molar-refractivity contribution in [3.05, 3.63) is 118 Å². The van der Waals surface area contributed by atoms with Gasteiger partial charge in [-0.05, 0) is 97.4 Å². The summed E-state index contributed by atoms with van der Waals surface area (Å²) in [4.78, 5) is 43.3. The first-order chi connectivity index (χ1) is 26.7. The number of phenolic OH excluding ortho intramolecular Hbond substituents is 1. The molecule has 2 unspecified atom stereocenters. The Kier molecular flexibility index (Phi) is 10.2. The molecule has 8 rings (SSSR count). The number of piperidine rings is 2. The first-order valence-electron chi connectivity index (χ1n) is 19.1. The predicted octanol–water partition coefficient (Wildman–Crippen LogP) is 5.67. The molecular weight excluding hydrogens is 693 g/mol. The summed E-state index contributed by atoms with van der Waals surface area (Å²) >= 11 is 0. The monoisotopic (exact) mass is 738 g/mol. The largest absolute Gasteiger partial charge is 0.508 e. The number of nitrogens with one attached hydrogen (secondary N) is 1. The highest BCUT2D eigenvalue weighted by molar-refractivity contribution is 6.05. The summed E-state index contributed by atoms with van der Waals surface area (Å²) in [7, 11) is 3.81. The van der Waals surface area contributed by atoms with Crippen LogP contribution < -0.4 is 19.7 Å². The van der Waals surface area contributed by atoms with Crippen molar-refractivity contribution in [2.45, 2.75) is 50.1 Å². The number of rotatable bonds is 8. The number of anilines is 1. The van der Waals surface area contributed by atoms with Crippen molar-refractivity contribution < 1.29 is 29.0 Å². The van der Waals surface area contributed by atoms with E-state index >= 15 is 0 Å². The summed E-state index contributed by atoms with van der Waals surface area (Å²) in [6.07, 6.45) is 2.80. The molecule has 10 heteroatoms. The van der Waals surface area contributed by atoms with Crippen molar-refractivity contribution in [1.29, 1.82) is 0 Å². The zero-order chi connectivity index (χ0) is 38.1. The molecule has 0 aliphatic carbocycles. The normalized spacial score (nSPS) is 21.0. The third-order valence-electron chi connectivity index (χ3n) is 11.6. The van der Waals surface area contributed by atoms with Crippen LogP contribution in [-0.2, 0) is 16.1 Å². The lowest BCUT2D eigenvalue weighted by atomic mass is 9.76. The summed E-state index contributed by atoms with van der Waals surface area (Å²) in [5.74, 6) is 8.22. The molecule has 4 aromatic rings. The number of methoxy groups -OCH3 is 1. The Balaban J connectivity index is 0.856. The zero-order valence-corrected chi connectivity index (χ0v) is 31.3. The lowest BCUT2D eigenvalue weighted by molar-refractivity contribution is -0.136. The SMILES string of the molecule is COc1cccc([C@H]2COc3cc(O)ccc3C2c2ccc(N3CCC(CN(C)CC#Cc4ccc5c(c4)CN(C4CCC(=O)NC4=O)C5=O)CC3)cc2)c1. The maximum Gasteiger partial charge on any atom is 0.255 e. The first kappa shape index (κ1) is 36.2. The van der Waals surface area contributed by atoms with Crippen molar-refractivity contribution in [2.75, 3.05) is 51.8 Å². The van der Waals surface area contributed by atoms with E-state index in [-0.39, 0.29) is 35.8 Å². The van der Waals surface area contributed by atoms with Gasteiger partial charge in [0.05, 0.1) is 20.3 Å². The van der Waals surface area contributed by atoms with Crippen LogP contribution in [0.5, 0.6) is 17.2 Å². The number of hydrogen-bond acceptors (Lipinski definition) is 8. The van der Waals surface area contributed by atoms with Crippen LogP contribution >= 0.6 is 0 Å². The van der Waals surface area contributed by atoms with Crippen LogP contribution in [-0.4, -0.2) is 85.6 Å². The maximum absolute atomic E-state index is 13.0. The number of imide groups is 1. The van der Waals surface area contributed by atoms with Crippen molar-refractivity contribution in [1.82, 2.24) is 15.1 Å². The summed E-state index contributed by atoms with van der Waals surface area (Å²) in [5.41, 5.74) is 6.98. The van der Waals surface area contributed by atoms with Gasteiger partial charge in [0.15, 0.2) is 0 Å². The van der Waals surface area contributed by atoms with Crippen molar-refractivity contribution in [3.63, 3.8) is 0 Å². The van der Waals surface area contributed by atoms with E-state index in [1.165, 1.54) is 11.3 Å². The number of amides is 3. The predicted molar refractivity (Wildman–Crippen MR) is 209 cm³/mol. The Morgan fingerprint density at radius 3 is 2.55 bits per heavy atom. The van der Waals surface area contributed by atoms with Gasteiger partial charge in [-0.3, -0.25) is 24.6 Å². The van der Waals surface area contributed by atoms with Gasteiger partial charge in [-0.1, -0.05) is 42.2 Å². The Bertz CT molecular complexity index is 2170. The van der Waals surface area contributed by atoms with E-state index in [9.17, 15) is 19.5 Å². The highest BCUT2D eigenvalue weighted by Crippen LogP contribution is 2.47. The molecule has 55 heavy (non-hydrogen) atoms. The van der Waals surface area contributed by atoms with Gasteiger partial charge in [-0.15, -0.1) is 0 Å². The Morgan fingerprint density at radius 2 is 1.76 bits per heavy atom. The Morgan fingerprint density at radius 1 is 0.945 bits per heavy atom. The standard InChI is InChI=1S/C45H46N4O6/c1-47(20-4-5-29-8-14-37-33(23-29)27-49(45(37)53)40-16-17-42(51)46-44(40)52)26-30-18-21-48(22-19-30)34-11-9-31(10-12-34)43-38-15-13-35(50)25-41(38)55-28-39(43)32-6-3-7-36(24-32)54-2/h3,6-15,23-25,30,39-40,43,50H,16-22,26-28H2,1-2H3,(H,46,51,52)/t39-,40?,43?/m1/s1. The minimum absolute atomic E-state index is 0.0668. The number of aromatic hydroxyl groups is 1. The van der Waals surface area contributed by atoms with Crippen LogP contribution in [0.25, 0.3) is 0 Å². The first-order valence-corrected chi connectivity index (χ1v) is 19.1. The molecule has 0 aromatic heterocycles. The van der Waals surface area contributed by atoms with E-state index in [0.717, 1.165) is 66.2 Å². The molecule has 0 radical (unpaired) electrons. The van der Waals surface area contributed by atoms with Gasteiger partial charge in [-0.25, -0.2) is 0 Å². The molecule has 3 amide bonds. The van der Waals surface area contributed by atoms with Crippen LogP contribution in [0.2, 0.25) is 0 Å². The average Bonchev–Trinajstić information content (AvgIpc) is 3.52. The molecule has 4 heterocycles. The fraction of sp³-hybridized carbons (Fsp3) is 0.356. The van der Waals surface area contributed by atoms with E-state index in [4.69, 9.17) is 9.47 Å². The van der Waals surface area contributed by atoms with Crippen LogP contribution in [0.15, 0.2) is 84.9 Å². The van der Waals surface area contributed by atoms with E-state index in [2.05, 4.69) is 70.4 Å². The summed E-state index contributed by atoms with van der Waals surface area (Å²) in [6, 6.07) is 27.6. The molecule has 4 aliphatic heterocycles. The fourth-order valence-corrected chi connectivity index (χ4v) is 8.67. The smallest absolute Gasteiger partial charge is 0.255 e. The van der Waals surface area contributed by atoms with Gasteiger partial charge in [0.1, 0.15) is 23.3 Å². The molecule has 10 nitrogen and oxygen atoms in total. The number of hydrogen-bond donors (Lipinski definition) is 2. The van der Waals surface area contributed by atoms with Crippen LogP contribution in [0.4, 0.5) is 5.69 Å². The van der Waals surface area contributed by atoms with E-state index in [1.807, 2.05) is 30.3 Å². The fourth-order valence-electron chi connectivity index (χ4n) is 8.67. The molecule has 282 valence electrons. The second kappa shape index (κ2) is 15.5. The number of benzene rings is 4. The molecule has 0 bridgehead atoms. The van der Waals surface area contributed by atoms with Gasteiger partial charge >= 0.3 is 0 Å². The topological polar surface area (TPSA) is 112 Å². The van der Waals surface area contributed by atoms with Gasteiger partial charge in [-0.2, -0.15) is 0 Å². The molecule has 0 saturated carbocycles. The number of carbonyl (C=O) groups is 3. The van der Waals surface area contributed by atoms with Crippen molar-refractivity contribution >= 4 is 23.4 Å². The van der Waals surface area contributed by atoms with Gasteiger partial charge in [0, 0.05) is 72.9 Å². The highest BCUT2D eigenvalue weighted by atomic mass is 16.5. The number of carbonyl (C=O) groups excluding carboxylic acids is 3. The Labute approximate surface area is 322 Å². The van der Waals surface area contributed by atoms with Crippen LogP contribution in [0.3, 0.4) is 0 Å². The molecule has 2 saturated heterocycles. The van der Waals surface area contributed by atoms with E-state index in [1.54, 1.807) is 30.2 Å². The highest BCUT2D eigenvalue weighted by Gasteiger charge is 2.39. The minimum Gasteiger partial charge on any atom is -0.508 e. The number of nitrogens with zero attached hydrogens (tertiary/aromatic N) is 3. The average molecular weight is 739 g/mol. The van der Waals surface area contributed by atoms with Crippen molar-refractivity contribution in [3.8, 4) is 29.1 Å². The third kappa shape index (κ3) is 7.62. The molecule has 3 atom stereocenters. The molecule has 2 N–H and O–H groups in total. The van der Waals surface area contributed by atoms with Crippen LogP contribution in [0, 0.1) is 17.8 Å². The van der Waals surface area contributed by atoms with Gasteiger partial charge in [0.25, 0.3) is 5.91 Å². The van der Waals surface area contributed by atoms with Crippen molar-refractivity contribution in [2.24, 2.45) is 5.92 Å². The van der Waals surface area contributed by atoms with Gasteiger partial charge < -0.3 is 24.4 Å². The van der Waals surface area contributed by atoms with Crippen LogP contribution in [0.1, 0.15) is 75.7 Å². The minimum atomic E-state index is -0.620. The molecule has 4 aromatic carbocycles. The molecule has 4 aliphatic rings. The number of phenols is 1. The number of fused-ring (bicyclic) bond motifs is 2. The molecule has 2 fully saturated rings. The zero-order valence-electron chi connectivity index (χ0n) is 31.3. The maximum atomic E-state index is 13.0. The van der Waals surface area contributed by atoms with Gasteiger partial charge in [0.2, 0.25) is 11.8 Å².